The molecule has 0 fully saturated rings. The molecule has 0 aliphatic carbocycles. The van der Waals surface area contributed by atoms with Gasteiger partial charge in [0.05, 0.1) is 15.6 Å². The van der Waals surface area contributed by atoms with E-state index in [0.717, 1.165) is 9.88 Å². The van der Waals surface area contributed by atoms with Gasteiger partial charge >= 0.3 is 0 Å². The molecule has 0 bridgehead atoms. The summed E-state index contributed by atoms with van der Waals surface area (Å²) in [6.45, 7) is 0.0581. The van der Waals surface area contributed by atoms with Crippen molar-refractivity contribution < 1.29 is 13.2 Å². The Morgan fingerprint density at radius 2 is 2.06 bits per heavy atom. The average molecular weight is 317 g/mol. The zero-order valence-electron chi connectivity index (χ0n) is 8.63. The zero-order chi connectivity index (χ0) is 12.5. The second kappa shape index (κ2) is 4.50. The molecular formula is C10H9BrN2O3S. The Labute approximate surface area is 107 Å². The van der Waals surface area contributed by atoms with Crippen molar-refractivity contribution in [2.45, 2.75) is 0 Å². The second-order valence-corrected chi connectivity index (χ2v) is 5.92. The number of nitrogens with zero attached hydrogens (tertiary/aromatic N) is 1. The summed E-state index contributed by atoms with van der Waals surface area (Å²) in [7, 11) is -3.51. The standard InChI is InChI=1S/C10H9BrN2O3S/c11-8-3-1-2-4-9(8)16-5-7-6-17(14,15)10(12)13-7/h1-4,6H,5H2,(H2,12,13). The normalized spacial score (nSPS) is 17.5. The van der Waals surface area contributed by atoms with E-state index in [4.69, 9.17) is 10.5 Å². The van der Waals surface area contributed by atoms with Gasteiger partial charge in [-0.15, -0.1) is 0 Å². The first kappa shape index (κ1) is 12.1. The Balaban J connectivity index is 2.09. The van der Waals surface area contributed by atoms with Gasteiger partial charge in [0, 0.05) is 0 Å². The lowest BCUT2D eigenvalue weighted by Gasteiger charge is -2.06. The Morgan fingerprint density at radius 3 is 2.65 bits per heavy atom. The molecule has 0 saturated carbocycles. The molecule has 90 valence electrons. The Bertz CT molecular complexity index is 608. The molecule has 1 aliphatic rings. The van der Waals surface area contributed by atoms with Crippen molar-refractivity contribution >= 4 is 30.9 Å². The molecule has 5 nitrogen and oxygen atoms in total. The highest BCUT2D eigenvalue weighted by molar-refractivity contribution is 9.10. The highest BCUT2D eigenvalue weighted by Gasteiger charge is 2.22. The zero-order valence-corrected chi connectivity index (χ0v) is 11.0. The summed E-state index contributed by atoms with van der Waals surface area (Å²) in [6, 6.07) is 7.26. The molecule has 0 spiro atoms. The van der Waals surface area contributed by atoms with Crippen LogP contribution in [0, 0.1) is 0 Å². The van der Waals surface area contributed by atoms with E-state index in [0.29, 0.717) is 11.4 Å². The van der Waals surface area contributed by atoms with Gasteiger partial charge in [-0.05, 0) is 28.1 Å². The highest BCUT2D eigenvalue weighted by atomic mass is 79.9. The number of hydrogen-bond donors (Lipinski definition) is 1. The average Bonchev–Trinajstić information content (AvgIpc) is 2.52. The van der Waals surface area contributed by atoms with Crippen LogP contribution in [0.25, 0.3) is 0 Å². The fourth-order valence-corrected chi connectivity index (χ4v) is 2.49. The molecule has 1 heterocycles. The van der Waals surface area contributed by atoms with E-state index in [1.54, 1.807) is 6.07 Å². The Hall–Kier alpha value is -1.34. The predicted octanol–water partition coefficient (Wildman–Crippen LogP) is 1.41. The first-order valence-electron chi connectivity index (χ1n) is 4.66. The van der Waals surface area contributed by atoms with Gasteiger partial charge < -0.3 is 10.5 Å². The number of hydrogen-bond acceptors (Lipinski definition) is 5. The largest absolute Gasteiger partial charge is 0.486 e. The molecule has 2 N–H and O–H groups in total. The maximum absolute atomic E-state index is 11.3. The van der Waals surface area contributed by atoms with Gasteiger partial charge in [0.25, 0.3) is 0 Å². The lowest BCUT2D eigenvalue weighted by molar-refractivity contribution is 0.349. The van der Waals surface area contributed by atoms with E-state index in [-0.39, 0.29) is 11.8 Å². The van der Waals surface area contributed by atoms with Crippen molar-refractivity contribution in [2.24, 2.45) is 10.7 Å². The molecule has 1 aromatic carbocycles. The van der Waals surface area contributed by atoms with Crippen LogP contribution in [-0.2, 0) is 9.84 Å². The van der Waals surface area contributed by atoms with Crippen LogP contribution in [0.4, 0.5) is 0 Å². The third-order valence-corrected chi connectivity index (χ3v) is 3.96. The number of nitrogens with two attached hydrogens (primary N) is 1. The Morgan fingerprint density at radius 1 is 1.35 bits per heavy atom. The van der Waals surface area contributed by atoms with Gasteiger partial charge in [-0.1, -0.05) is 12.1 Å². The van der Waals surface area contributed by atoms with Gasteiger partial charge in [-0.2, -0.15) is 0 Å². The number of amidine groups is 1. The van der Waals surface area contributed by atoms with E-state index >= 15 is 0 Å². The predicted molar refractivity (Wildman–Crippen MR) is 68.3 cm³/mol. The molecule has 0 aromatic heterocycles. The van der Waals surface area contributed by atoms with Crippen molar-refractivity contribution in [2.75, 3.05) is 6.61 Å². The minimum Gasteiger partial charge on any atom is -0.486 e. The van der Waals surface area contributed by atoms with E-state index in [2.05, 4.69) is 20.9 Å². The number of halogens is 1. The molecule has 0 amide bonds. The highest BCUT2D eigenvalue weighted by Crippen LogP contribution is 2.24. The number of sulfone groups is 1. The van der Waals surface area contributed by atoms with E-state index < -0.39 is 9.84 Å². The summed E-state index contributed by atoms with van der Waals surface area (Å²) in [5.74, 6) is 0.617. The number of para-hydroxylation sites is 1. The first-order valence-corrected chi connectivity index (χ1v) is 7.00. The van der Waals surface area contributed by atoms with Gasteiger partial charge in [-0.3, -0.25) is 0 Å². The van der Waals surface area contributed by atoms with Gasteiger partial charge in [0.1, 0.15) is 12.4 Å². The fourth-order valence-electron chi connectivity index (χ4n) is 1.25. The van der Waals surface area contributed by atoms with Crippen molar-refractivity contribution in [1.82, 2.24) is 0 Å². The summed E-state index contributed by atoms with van der Waals surface area (Å²) < 4.78 is 28.7. The quantitative estimate of drug-likeness (QED) is 0.914. The maximum Gasteiger partial charge on any atom is 0.234 e. The van der Waals surface area contributed by atoms with E-state index in [9.17, 15) is 8.42 Å². The second-order valence-electron chi connectivity index (χ2n) is 3.32. The van der Waals surface area contributed by atoms with Gasteiger partial charge in [0.2, 0.25) is 15.0 Å². The van der Waals surface area contributed by atoms with Crippen LogP contribution in [0.2, 0.25) is 0 Å². The van der Waals surface area contributed by atoms with E-state index in [1.807, 2.05) is 18.2 Å². The molecule has 1 aliphatic heterocycles. The van der Waals surface area contributed by atoms with Crippen LogP contribution in [0.3, 0.4) is 0 Å². The lowest BCUT2D eigenvalue weighted by Crippen LogP contribution is -2.18. The fraction of sp³-hybridized carbons (Fsp3) is 0.100. The number of aliphatic imine (C=N–C) groups is 1. The monoisotopic (exact) mass is 316 g/mol. The van der Waals surface area contributed by atoms with Crippen molar-refractivity contribution in [3.8, 4) is 5.75 Å². The molecule has 0 saturated heterocycles. The minimum absolute atomic E-state index is 0.0581. The van der Waals surface area contributed by atoms with Crippen LogP contribution in [-0.4, -0.2) is 20.2 Å². The molecule has 17 heavy (non-hydrogen) atoms. The summed E-state index contributed by atoms with van der Waals surface area (Å²) in [6.07, 6.45) is 0. The van der Waals surface area contributed by atoms with Crippen LogP contribution in [0.5, 0.6) is 5.75 Å². The number of rotatable bonds is 3. The van der Waals surface area contributed by atoms with E-state index in [1.165, 1.54) is 0 Å². The summed E-state index contributed by atoms with van der Waals surface area (Å²) in [4.78, 5) is 3.71. The first-order chi connectivity index (χ1) is 7.99. The molecule has 2 rings (SSSR count). The van der Waals surface area contributed by atoms with Crippen LogP contribution >= 0.6 is 15.9 Å². The topological polar surface area (TPSA) is 81.8 Å². The number of benzene rings is 1. The van der Waals surface area contributed by atoms with Crippen molar-refractivity contribution in [3.63, 3.8) is 0 Å². The van der Waals surface area contributed by atoms with Crippen LogP contribution in [0.15, 0.2) is 44.8 Å². The molecule has 0 unspecified atom stereocenters. The van der Waals surface area contributed by atoms with Crippen molar-refractivity contribution in [3.05, 3.63) is 39.8 Å². The minimum atomic E-state index is -3.51. The molecule has 7 heteroatoms. The maximum atomic E-state index is 11.3. The summed E-state index contributed by atoms with van der Waals surface area (Å²) in [5.41, 5.74) is 5.54. The van der Waals surface area contributed by atoms with Gasteiger partial charge in [-0.25, -0.2) is 13.4 Å². The van der Waals surface area contributed by atoms with Crippen LogP contribution in [0.1, 0.15) is 0 Å². The lowest BCUT2D eigenvalue weighted by atomic mass is 10.3. The third-order valence-electron chi connectivity index (χ3n) is 2.05. The van der Waals surface area contributed by atoms with Crippen LogP contribution < -0.4 is 10.5 Å². The smallest absolute Gasteiger partial charge is 0.234 e. The summed E-state index contributed by atoms with van der Waals surface area (Å²) >= 11 is 3.32. The van der Waals surface area contributed by atoms with Crippen molar-refractivity contribution in [1.29, 1.82) is 0 Å². The molecule has 0 atom stereocenters. The molecular weight excluding hydrogens is 308 g/mol. The molecule has 0 radical (unpaired) electrons. The third kappa shape index (κ3) is 2.67. The molecule has 1 aromatic rings. The SMILES string of the molecule is NC1=NC(COc2ccccc2Br)=CS1(=O)=O. The van der Waals surface area contributed by atoms with Gasteiger partial charge in [0.15, 0.2) is 0 Å². The summed E-state index contributed by atoms with van der Waals surface area (Å²) in [5, 5.41) is 0.627. The number of ether oxygens (including phenoxy) is 1. The Kier molecular flexibility index (Phi) is 3.21.